The van der Waals surface area contributed by atoms with Crippen LogP contribution < -0.4 is 59.4 Å². The second-order valence-corrected chi connectivity index (χ2v) is 34.6. The third-order valence-electron chi connectivity index (χ3n) is 17.9. The van der Waals surface area contributed by atoms with Crippen molar-refractivity contribution in [3.63, 3.8) is 0 Å². The van der Waals surface area contributed by atoms with Gasteiger partial charge in [0.25, 0.3) is 37.8 Å². The van der Waals surface area contributed by atoms with E-state index in [-0.39, 0.29) is 96.1 Å². The number of hydrogen-bond acceptors (Lipinski definition) is 26. The number of rotatable bonds is 29. The summed E-state index contributed by atoms with van der Waals surface area (Å²) in [5.41, 5.74) is 5.55. The molecule has 12 N–H and O–H groups in total. The Kier molecular flexibility index (Phi) is 35.2. The van der Waals surface area contributed by atoms with Gasteiger partial charge in [0.15, 0.2) is 0 Å². The van der Waals surface area contributed by atoms with Crippen LogP contribution in [-0.2, 0) is 83.3 Å². The number of ether oxygens (including phenoxy) is 5. The lowest BCUT2D eigenvalue weighted by atomic mass is 10.1. The Balaban J connectivity index is 0.000000203. The van der Waals surface area contributed by atoms with Crippen LogP contribution >= 0.6 is 0 Å². The van der Waals surface area contributed by atoms with Crippen molar-refractivity contribution in [1.82, 2.24) is 9.44 Å². The molecule has 706 valence electrons. The molecule has 5 amide bonds. The van der Waals surface area contributed by atoms with Crippen LogP contribution in [-0.4, -0.2) is 116 Å². The molecule has 44 heteroatoms. The second kappa shape index (κ2) is 46.3. The van der Waals surface area contributed by atoms with Crippen LogP contribution in [0.3, 0.4) is 0 Å². The van der Waals surface area contributed by atoms with Gasteiger partial charge in [0.1, 0.15) is 74.8 Å². The number of primary sulfonamides is 2. The van der Waals surface area contributed by atoms with Gasteiger partial charge < -0.3 is 68.2 Å². The van der Waals surface area contributed by atoms with Gasteiger partial charge in [0.2, 0.25) is 31.9 Å². The fraction of sp³-hybridized carbons (Fsp3) is 0.121. The van der Waals surface area contributed by atoms with E-state index in [4.69, 9.17) is 43.2 Å². The van der Waals surface area contributed by atoms with Crippen molar-refractivity contribution in [3.8, 4) is 74.2 Å². The zero-order chi connectivity index (χ0) is 98.8. The summed E-state index contributed by atoms with van der Waals surface area (Å²) >= 11 is 0. The summed E-state index contributed by atoms with van der Waals surface area (Å²) in [6.07, 6.45) is -0.569. The van der Waals surface area contributed by atoms with Crippen LogP contribution in [0.15, 0.2) is 294 Å². The van der Waals surface area contributed by atoms with E-state index in [1.54, 1.807) is 112 Å². The van der Waals surface area contributed by atoms with Crippen molar-refractivity contribution in [2.45, 2.75) is 93.3 Å². The molecule has 0 aliphatic rings. The number of carbonyl (C=O) groups is 8. The average Bonchev–Trinajstić information content (AvgIpc) is 1.73. The number of aromatic hydroxyl groups is 2. The van der Waals surface area contributed by atoms with Crippen LogP contribution in [0.25, 0.3) is 34.0 Å². The van der Waals surface area contributed by atoms with Gasteiger partial charge in [-0.05, 0) is 262 Å². The highest BCUT2D eigenvalue weighted by molar-refractivity contribution is 7.90. The number of nitrogens with two attached hydrogens (primary N) is 2. The SMILES string of the molecule is CC(=O)Oc1ccc(S(=O)(=O)NC(=O)Cc2ccc(NC(=O)c3cc(-c4ccc(OC(F)F)cc4)oc3C)cc2)cc1.CC(=O)Oc1ccc(S(N)(=O)=O)cc1.Cc1oc(-c2ccc(OC(F)F)cc2)cc1C(=O)Nc1ccc(CC(=O)NS(=O)(=O)c2ccc(O)cc2)cc1.Cc1oc(-c2ccc(OC(F)F)cc2)cc1C(=O)Nc1ccc(CC(=O)O)cc1.NS(=O)(=O)c1ccc(O)cc1. The number of alkyl halides is 6. The molecule has 0 bridgehead atoms. The number of hydrogen-bond donors (Lipinski definition) is 10. The summed E-state index contributed by atoms with van der Waals surface area (Å²) in [5.74, 6) is -2.20. The molecule has 0 radical (unpaired) electrons. The molecule has 0 fully saturated rings. The maximum absolute atomic E-state index is 12.9. The molecule has 0 aliphatic carbocycles. The molecular weight excluding hydrogens is 1870 g/mol. The van der Waals surface area contributed by atoms with Crippen LogP contribution in [0.5, 0.6) is 40.2 Å². The van der Waals surface area contributed by atoms with Crippen molar-refractivity contribution >= 4 is 105 Å². The second-order valence-electron chi connectivity index (χ2n) is 28.1. The Bertz CT molecular complexity index is 6860. The lowest BCUT2D eigenvalue weighted by Crippen LogP contribution is -2.31. The number of phenols is 2. The number of benzene rings is 10. The Labute approximate surface area is 765 Å². The van der Waals surface area contributed by atoms with E-state index in [9.17, 15) is 103 Å². The summed E-state index contributed by atoms with van der Waals surface area (Å²) in [5, 5.41) is 44.7. The third kappa shape index (κ3) is 32.3. The van der Waals surface area contributed by atoms with Crippen molar-refractivity contribution in [1.29, 1.82) is 0 Å². The molecule has 3 heterocycles. The predicted molar refractivity (Wildman–Crippen MR) is 474 cm³/mol. The van der Waals surface area contributed by atoms with Gasteiger partial charge in [-0.25, -0.2) is 53.4 Å². The molecule has 3 aromatic heterocycles. The van der Waals surface area contributed by atoms with Gasteiger partial charge in [-0.3, -0.25) is 38.4 Å². The van der Waals surface area contributed by atoms with E-state index < -0.39 is 101 Å². The van der Waals surface area contributed by atoms with E-state index in [1.165, 1.54) is 184 Å². The molecule has 34 nitrogen and oxygen atoms in total. The molecule has 135 heavy (non-hydrogen) atoms. The number of esters is 2. The van der Waals surface area contributed by atoms with Gasteiger partial charge in [0.05, 0.1) is 55.5 Å². The normalized spacial score (nSPS) is 11.1. The van der Waals surface area contributed by atoms with Gasteiger partial charge >= 0.3 is 37.7 Å². The molecule has 0 saturated carbocycles. The zero-order valence-electron chi connectivity index (χ0n) is 70.9. The Hall–Kier alpha value is -15.9. The Morgan fingerprint density at radius 1 is 0.341 bits per heavy atom. The smallest absolute Gasteiger partial charge is 0.387 e. The maximum Gasteiger partial charge on any atom is 0.387 e. The summed E-state index contributed by atoms with van der Waals surface area (Å²) in [6, 6.07) is 61.1. The first kappa shape index (κ1) is 103. The molecule has 13 aromatic rings. The Morgan fingerprint density at radius 2 is 0.578 bits per heavy atom. The van der Waals surface area contributed by atoms with Gasteiger partial charge in [0, 0.05) is 47.6 Å². The maximum atomic E-state index is 12.9. The number of carboxylic acid groups (broad SMARTS) is 1. The van der Waals surface area contributed by atoms with Crippen LogP contribution in [0.1, 0.15) is 78.9 Å². The summed E-state index contributed by atoms with van der Waals surface area (Å²) in [4.78, 5) is 94.8. The minimum Gasteiger partial charge on any atom is -0.508 e. The summed E-state index contributed by atoms with van der Waals surface area (Å²) in [6.45, 7) is -1.45. The van der Waals surface area contributed by atoms with Crippen LogP contribution in [0, 0.1) is 20.8 Å². The highest BCUT2D eigenvalue weighted by Gasteiger charge is 2.25. The van der Waals surface area contributed by atoms with E-state index in [1.807, 2.05) is 9.44 Å². The fourth-order valence-electron chi connectivity index (χ4n) is 11.7. The molecule has 10 aromatic carbocycles. The third-order valence-corrected chi connectivity index (χ3v) is 22.6. The fourth-order valence-corrected chi connectivity index (χ4v) is 14.7. The first-order chi connectivity index (χ1) is 63.6. The monoisotopic (exact) mass is 1940 g/mol. The van der Waals surface area contributed by atoms with Crippen LogP contribution in [0.2, 0.25) is 0 Å². The standard InChI is InChI=1S/C29H24F2N2O8S.C27H22F2N2O7S.C21H17F2NO5.C8H9NO4S.C6H7NO3S/c1-17-25(16-26(39-17)20-5-9-23(10-6-20)41-29(30)31)28(36)32-21-7-3-19(4-8-21)15-27(35)33-42(37,38)24-13-11-22(12-14-24)40-18(2)34;1-16-23(15-24(37-16)18-4-10-21(11-5-18)38-27(28)29)26(34)30-19-6-2-17(3-7-19)14-25(33)31-39(35,36)22-12-8-20(32)9-13-22;1-12-17(20(27)24-15-6-2-13(3-7-15)10-19(25)26)11-18(28-12)14-4-8-16(9-5-14)29-21(22)23;1-6(10)13-7-2-4-8(5-3-7)14(9,11)12;7-11(9,10)6-3-1-5(8)2-4-6/h3-14,16,29H,15H2,1-2H3,(H,32,36)(H,33,35);2-13,15,27,32H,14H2,1H3,(H,30,34)(H,31,33);2-9,11,21H,10H2,1H3,(H,24,27)(H,25,26);2-5H,1H3,(H2,9,11,12);1-4,8H,(H2,7,9,10). The minimum absolute atomic E-state index is 0.00435. The number of furan rings is 3. The highest BCUT2D eigenvalue weighted by atomic mass is 32.2. The van der Waals surface area contributed by atoms with Gasteiger partial charge in [-0.1, -0.05) is 36.4 Å². The van der Waals surface area contributed by atoms with Gasteiger partial charge in [-0.2, -0.15) is 26.3 Å². The minimum atomic E-state index is -4.15. The molecule has 0 spiro atoms. The first-order valence-corrected chi connectivity index (χ1v) is 44.9. The summed E-state index contributed by atoms with van der Waals surface area (Å²) in [7, 11) is -15.6. The van der Waals surface area contributed by atoms with E-state index in [2.05, 4.69) is 30.2 Å². The molecular formula is C91H79F6N7O27S4. The number of sulfonamides is 4. The lowest BCUT2D eigenvalue weighted by molar-refractivity contribution is -0.136. The summed E-state index contributed by atoms with van der Waals surface area (Å²) < 4.78 is 210. The molecule has 0 aliphatic heterocycles. The predicted octanol–water partition coefficient (Wildman–Crippen LogP) is 15.0. The molecule has 0 unspecified atom stereocenters. The van der Waals surface area contributed by atoms with E-state index in [0.717, 1.165) is 0 Å². The van der Waals surface area contributed by atoms with Crippen molar-refractivity contribution < 1.29 is 151 Å². The molecule has 13 rings (SSSR count). The van der Waals surface area contributed by atoms with Crippen molar-refractivity contribution in [2.75, 3.05) is 16.0 Å². The number of amides is 5. The Morgan fingerprint density at radius 3 is 0.822 bits per heavy atom. The van der Waals surface area contributed by atoms with Gasteiger partial charge in [-0.15, -0.1) is 0 Å². The number of aryl methyl sites for hydroxylation is 3. The topological polar surface area (TPSA) is 532 Å². The lowest BCUT2D eigenvalue weighted by Gasteiger charge is -2.09. The molecule has 0 atom stereocenters. The molecule has 0 saturated heterocycles. The number of carboxylic acids is 1. The van der Waals surface area contributed by atoms with E-state index in [0.29, 0.717) is 90.6 Å². The number of nitrogens with one attached hydrogen (secondary N) is 5. The van der Waals surface area contributed by atoms with E-state index >= 15 is 0 Å². The number of phenolic OH excluding ortho intramolecular Hbond substituents is 2. The highest BCUT2D eigenvalue weighted by Crippen LogP contribution is 2.33. The number of aliphatic carboxylic acids is 1. The number of halogens is 6. The van der Waals surface area contributed by atoms with Crippen molar-refractivity contribution in [2.24, 2.45) is 10.3 Å². The number of anilines is 3. The zero-order valence-corrected chi connectivity index (χ0v) is 74.1. The average molecular weight is 1940 g/mol. The van der Waals surface area contributed by atoms with Crippen LogP contribution in [0.4, 0.5) is 43.4 Å². The van der Waals surface area contributed by atoms with Crippen molar-refractivity contribution in [3.05, 3.63) is 312 Å². The first-order valence-electron chi connectivity index (χ1n) is 38.8. The quantitative estimate of drug-likeness (QED) is 0.0118. The number of carbonyl (C=O) groups excluding carboxylic acids is 7. The largest absolute Gasteiger partial charge is 0.508 e.